The molecule has 4 N–H and O–H groups in total. The first kappa shape index (κ1) is 50.9. The summed E-state index contributed by atoms with van der Waals surface area (Å²) in [5, 5.41) is 11.9. The molecule has 1 amide bonds. The molecule has 0 aromatic rings. The van der Waals surface area contributed by atoms with Crippen LogP contribution >= 0.6 is 0 Å². The maximum Gasteiger partial charge on any atom is 0.326 e. The van der Waals surface area contributed by atoms with E-state index < -0.39 is 12.0 Å². The van der Waals surface area contributed by atoms with Gasteiger partial charge in [-0.1, -0.05) is 160 Å². The topological polar surface area (TPSA) is 119 Å². The van der Waals surface area contributed by atoms with Crippen molar-refractivity contribution in [3.8, 4) is 0 Å². The summed E-state index contributed by atoms with van der Waals surface area (Å²) in [6.07, 6.45) is 46.5. The van der Waals surface area contributed by atoms with Gasteiger partial charge in [0.1, 0.15) is 12.1 Å². The van der Waals surface area contributed by atoms with Crippen LogP contribution in [0.25, 0.3) is 0 Å². The van der Waals surface area contributed by atoms with Gasteiger partial charge in [0.25, 0.3) is 0 Å². The highest BCUT2D eigenvalue weighted by Gasteiger charge is 2.19. The molecule has 7 heteroatoms. The van der Waals surface area contributed by atoms with Crippen molar-refractivity contribution in [3.05, 3.63) is 24.3 Å². The zero-order chi connectivity index (χ0) is 38.9. The van der Waals surface area contributed by atoms with E-state index in [4.69, 9.17) is 10.5 Å². The number of esters is 1. The van der Waals surface area contributed by atoms with Gasteiger partial charge in [-0.25, -0.2) is 4.79 Å². The SMILES string of the molecule is CCCCC/C=C\C/C=C\CCCCCCCC(=O)OC(CCCCCCCCCCCCCC)CCCCCCCC(=O)NC(CCCN)C(=O)O. The molecule has 0 spiro atoms. The molecule has 0 rings (SSSR count). The van der Waals surface area contributed by atoms with Crippen LogP contribution in [0.4, 0.5) is 0 Å². The Balaban J connectivity index is 4.32. The fourth-order valence-corrected chi connectivity index (χ4v) is 6.83. The van der Waals surface area contributed by atoms with Crippen LogP contribution in [0.2, 0.25) is 0 Å². The molecule has 310 valence electrons. The summed E-state index contributed by atoms with van der Waals surface area (Å²) in [5.74, 6) is -1.23. The van der Waals surface area contributed by atoms with Crippen LogP contribution in [0.5, 0.6) is 0 Å². The van der Waals surface area contributed by atoms with Gasteiger partial charge >= 0.3 is 11.9 Å². The number of hydrogen-bond acceptors (Lipinski definition) is 5. The lowest BCUT2D eigenvalue weighted by Gasteiger charge is -2.18. The standard InChI is InChI=1S/C46H86N2O5/c1-3-5-7-9-11-13-15-17-18-19-21-23-25-30-34-40-45(50)53-42(36-31-27-24-22-20-16-14-12-10-8-6-4-2)37-32-28-26-29-33-39-44(49)48-43(46(51)52)38-35-41-47/h11,13,17-18,42-43H,3-10,12,14-16,19-41,47H2,1-2H3,(H,48,49)(H,51,52)/b13-11-,18-17-. The lowest BCUT2D eigenvalue weighted by molar-refractivity contribution is -0.150. The first-order valence-electron chi connectivity index (χ1n) is 22.7. The molecule has 2 atom stereocenters. The Bertz CT molecular complexity index is 889. The molecule has 7 nitrogen and oxygen atoms in total. The van der Waals surface area contributed by atoms with E-state index in [-0.39, 0.29) is 18.0 Å². The number of nitrogens with two attached hydrogens (primary N) is 1. The maximum absolute atomic E-state index is 12.8. The highest BCUT2D eigenvalue weighted by Crippen LogP contribution is 2.19. The summed E-state index contributed by atoms with van der Waals surface area (Å²) in [7, 11) is 0. The molecular formula is C46H86N2O5. The van der Waals surface area contributed by atoms with Crippen molar-refractivity contribution >= 4 is 17.8 Å². The van der Waals surface area contributed by atoms with E-state index in [1.165, 1.54) is 116 Å². The molecular weight excluding hydrogens is 661 g/mol. The smallest absolute Gasteiger partial charge is 0.326 e. The molecule has 0 aliphatic heterocycles. The number of carbonyl (C=O) groups is 3. The molecule has 0 saturated heterocycles. The van der Waals surface area contributed by atoms with Crippen LogP contribution in [0.1, 0.15) is 232 Å². The van der Waals surface area contributed by atoms with E-state index in [0.717, 1.165) is 77.0 Å². The summed E-state index contributed by atoms with van der Waals surface area (Å²) in [5.41, 5.74) is 5.49. The second kappa shape index (κ2) is 41.0. The maximum atomic E-state index is 12.8. The second-order valence-electron chi connectivity index (χ2n) is 15.5. The van der Waals surface area contributed by atoms with Crippen LogP contribution in [0.3, 0.4) is 0 Å². The summed E-state index contributed by atoms with van der Waals surface area (Å²) < 4.78 is 6.05. The fourth-order valence-electron chi connectivity index (χ4n) is 6.83. The summed E-state index contributed by atoms with van der Waals surface area (Å²) in [6.45, 7) is 4.93. The van der Waals surface area contributed by atoms with E-state index in [1.54, 1.807) is 0 Å². The molecule has 0 fully saturated rings. The average molecular weight is 747 g/mol. The predicted octanol–water partition coefficient (Wildman–Crippen LogP) is 12.8. The number of allylic oxidation sites excluding steroid dienone is 4. The van der Waals surface area contributed by atoms with E-state index in [1.807, 2.05) is 0 Å². The lowest BCUT2D eigenvalue weighted by Crippen LogP contribution is -2.40. The van der Waals surface area contributed by atoms with Gasteiger partial charge in [-0.3, -0.25) is 9.59 Å². The minimum atomic E-state index is -1.00. The van der Waals surface area contributed by atoms with Crippen molar-refractivity contribution in [1.82, 2.24) is 5.32 Å². The van der Waals surface area contributed by atoms with Gasteiger partial charge < -0.3 is 20.9 Å². The number of amides is 1. The van der Waals surface area contributed by atoms with E-state index in [0.29, 0.717) is 32.2 Å². The number of rotatable bonds is 41. The summed E-state index contributed by atoms with van der Waals surface area (Å²) in [6, 6.07) is -0.856. The Kier molecular flexibility index (Phi) is 39.4. The quantitative estimate of drug-likeness (QED) is 0.0325. The molecule has 0 radical (unpaired) electrons. The first-order chi connectivity index (χ1) is 25.9. The van der Waals surface area contributed by atoms with Crippen molar-refractivity contribution in [2.45, 2.75) is 244 Å². The molecule has 0 aromatic heterocycles. The van der Waals surface area contributed by atoms with Crippen molar-refractivity contribution in [1.29, 1.82) is 0 Å². The molecule has 53 heavy (non-hydrogen) atoms. The van der Waals surface area contributed by atoms with Crippen molar-refractivity contribution in [2.24, 2.45) is 5.73 Å². The first-order valence-corrected chi connectivity index (χ1v) is 22.7. The molecule has 0 aliphatic rings. The van der Waals surface area contributed by atoms with Crippen LogP contribution in [0.15, 0.2) is 24.3 Å². The Labute approximate surface area is 327 Å². The lowest BCUT2D eigenvalue weighted by atomic mass is 10.0. The van der Waals surface area contributed by atoms with Crippen molar-refractivity contribution in [2.75, 3.05) is 6.54 Å². The predicted molar refractivity (Wildman–Crippen MR) is 225 cm³/mol. The molecule has 0 saturated carbocycles. The molecule has 0 aliphatic carbocycles. The van der Waals surface area contributed by atoms with Crippen LogP contribution in [-0.2, 0) is 19.1 Å². The highest BCUT2D eigenvalue weighted by molar-refractivity contribution is 5.83. The van der Waals surface area contributed by atoms with Gasteiger partial charge in [0, 0.05) is 12.8 Å². The molecule has 2 unspecified atom stereocenters. The monoisotopic (exact) mass is 747 g/mol. The van der Waals surface area contributed by atoms with Gasteiger partial charge in [0.15, 0.2) is 0 Å². The Morgan fingerprint density at radius 1 is 0.547 bits per heavy atom. The number of hydrogen-bond donors (Lipinski definition) is 3. The van der Waals surface area contributed by atoms with Crippen LogP contribution in [0, 0.1) is 0 Å². The minimum Gasteiger partial charge on any atom is -0.480 e. The molecule has 0 aromatic carbocycles. The third kappa shape index (κ3) is 37.9. The van der Waals surface area contributed by atoms with E-state index in [2.05, 4.69) is 43.5 Å². The number of carboxylic acids is 1. The zero-order valence-electron chi connectivity index (χ0n) is 34.9. The average Bonchev–Trinajstić information content (AvgIpc) is 3.14. The van der Waals surface area contributed by atoms with E-state index in [9.17, 15) is 19.5 Å². The number of unbranched alkanes of at least 4 members (excludes halogenated alkanes) is 23. The van der Waals surface area contributed by atoms with Crippen molar-refractivity contribution in [3.63, 3.8) is 0 Å². The zero-order valence-corrected chi connectivity index (χ0v) is 34.9. The fraction of sp³-hybridized carbons (Fsp3) is 0.848. The van der Waals surface area contributed by atoms with E-state index >= 15 is 0 Å². The summed E-state index contributed by atoms with van der Waals surface area (Å²) in [4.78, 5) is 36.4. The normalized spacial score (nSPS) is 12.8. The number of carbonyl (C=O) groups excluding carboxylic acids is 2. The second-order valence-corrected chi connectivity index (χ2v) is 15.5. The van der Waals surface area contributed by atoms with Crippen LogP contribution in [-0.4, -0.2) is 41.6 Å². The third-order valence-corrected chi connectivity index (χ3v) is 10.3. The van der Waals surface area contributed by atoms with Gasteiger partial charge in [-0.2, -0.15) is 0 Å². The van der Waals surface area contributed by atoms with Crippen molar-refractivity contribution < 1.29 is 24.2 Å². The molecule has 0 bridgehead atoms. The Morgan fingerprint density at radius 3 is 1.49 bits per heavy atom. The number of ether oxygens (including phenoxy) is 1. The molecule has 0 heterocycles. The Hall–Kier alpha value is -2.15. The van der Waals surface area contributed by atoms with Gasteiger partial charge in [0.2, 0.25) is 5.91 Å². The minimum absolute atomic E-state index is 0.0100. The van der Waals surface area contributed by atoms with Gasteiger partial charge in [-0.05, 0) is 90.0 Å². The van der Waals surface area contributed by atoms with Crippen LogP contribution < -0.4 is 11.1 Å². The number of aliphatic carboxylic acids is 1. The van der Waals surface area contributed by atoms with Gasteiger partial charge in [-0.15, -0.1) is 0 Å². The number of nitrogens with one attached hydrogen (secondary N) is 1. The number of carboxylic acid groups (broad SMARTS) is 1. The van der Waals surface area contributed by atoms with Gasteiger partial charge in [0.05, 0.1) is 0 Å². The Morgan fingerprint density at radius 2 is 0.981 bits per heavy atom. The largest absolute Gasteiger partial charge is 0.480 e. The summed E-state index contributed by atoms with van der Waals surface area (Å²) >= 11 is 0. The third-order valence-electron chi connectivity index (χ3n) is 10.3. The highest BCUT2D eigenvalue weighted by atomic mass is 16.5.